The molecular weight excluding hydrogens is 84.1 g/mol. The van der Waals surface area contributed by atoms with Gasteiger partial charge in [-0.1, -0.05) is 18.6 Å². The highest BCUT2D eigenvalue weighted by molar-refractivity contribution is 4.94. The molecule has 0 nitrogen and oxygen atoms in total. The van der Waals surface area contributed by atoms with Crippen molar-refractivity contribution in [3.8, 4) is 0 Å². The average Bonchev–Trinajstić information content (AvgIpc) is 1.68. The quantitative estimate of drug-likeness (QED) is 0.464. The number of hydrogen-bond donors (Lipinski definition) is 0. The lowest BCUT2D eigenvalue weighted by atomic mass is 10.2. The van der Waals surface area contributed by atoms with Crippen LogP contribution in [0.4, 0.5) is 0 Å². The number of hydrogen-bond acceptors (Lipinski definition) is 0. The van der Waals surface area contributed by atoms with Crippen molar-refractivity contribution in [1.29, 1.82) is 0 Å². The molecule has 0 saturated carbocycles. The van der Waals surface area contributed by atoms with Crippen LogP contribution in [0.2, 0.25) is 0 Å². The normalized spacial score (nSPS) is 12.1. The van der Waals surface area contributed by atoms with Crippen LogP contribution in [0.1, 0.15) is 26.7 Å². The van der Waals surface area contributed by atoms with Crippen LogP contribution >= 0.6 is 0 Å². The second-order valence-electron chi connectivity index (χ2n) is 1.74. The Morgan fingerprint density at radius 2 is 2.29 bits per heavy atom. The van der Waals surface area contributed by atoms with Crippen molar-refractivity contribution in [3.05, 3.63) is 18.6 Å². The lowest BCUT2D eigenvalue weighted by molar-refractivity contribution is 0.972. The highest BCUT2D eigenvalue weighted by Gasteiger charge is 1.79. The minimum absolute atomic E-state index is 1.02. The largest absolute Gasteiger partial charge is 0.0887 e. The highest BCUT2D eigenvalue weighted by Crippen LogP contribution is 2.00. The first kappa shape index (κ1) is 6.74. The van der Waals surface area contributed by atoms with E-state index in [0.717, 1.165) is 12.8 Å². The summed E-state index contributed by atoms with van der Waals surface area (Å²) >= 11 is 0. The summed E-state index contributed by atoms with van der Waals surface area (Å²) in [6.07, 6.45) is 4.30. The first-order valence-corrected chi connectivity index (χ1v) is 2.72. The molecule has 0 rings (SSSR count). The molecule has 0 aromatic rings. The van der Waals surface area contributed by atoms with E-state index in [2.05, 4.69) is 26.8 Å². The van der Waals surface area contributed by atoms with Gasteiger partial charge < -0.3 is 0 Å². The minimum atomic E-state index is 1.02. The molecule has 0 bridgehead atoms. The van der Waals surface area contributed by atoms with E-state index in [1.165, 1.54) is 5.57 Å². The van der Waals surface area contributed by atoms with E-state index in [1.807, 2.05) is 0 Å². The summed E-state index contributed by atoms with van der Waals surface area (Å²) < 4.78 is 0. The van der Waals surface area contributed by atoms with E-state index >= 15 is 0 Å². The van der Waals surface area contributed by atoms with Crippen molar-refractivity contribution in [3.63, 3.8) is 0 Å². The van der Waals surface area contributed by atoms with Gasteiger partial charge in [0.25, 0.3) is 0 Å². The summed E-state index contributed by atoms with van der Waals surface area (Å²) in [6, 6.07) is 0. The van der Waals surface area contributed by atoms with Crippen molar-refractivity contribution in [2.45, 2.75) is 26.7 Å². The zero-order valence-electron chi connectivity index (χ0n) is 5.20. The Labute approximate surface area is 46.2 Å². The third-order valence-corrected chi connectivity index (χ3v) is 1.06. The number of allylic oxidation sites excluding steroid dienone is 2. The fourth-order valence-electron chi connectivity index (χ4n) is 0.423. The van der Waals surface area contributed by atoms with Crippen LogP contribution < -0.4 is 0 Å². The summed E-state index contributed by atoms with van der Waals surface area (Å²) in [5.74, 6) is 0. The zero-order valence-corrected chi connectivity index (χ0v) is 5.20. The maximum absolute atomic E-state index is 3.73. The van der Waals surface area contributed by atoms with Crippen molar-refractivity contribution < 1.29 is 0 Å². The van der Waals surface area contributed by atoms with Crippen LogP contribution in [0.25, 0.3) is 0 Å². The van der Waals surface area contributed by atoms with Crippen LogP contribution in [0.5, 0.6) is 0 Å². The lowest BCUT2D eigenvalue weighted by Gasteiger charge is -1.90. The molecule has 0 N–H and O–H groups in total. The van der Waals surface area contributed by atoms with Crippen LogP contribution in [0, 0.1) is 6.92 Å². The Kier molecular flexibility index (Phi) is 3.77. The van der Waals surface area contributed by atoms with E-state index in [9.17, 15) is 0 Å². The van der Waals surface area contributed by atoms with Crippen molar-refractivity contribution in [1.82, 2.24) is 0 Å². The molecular formula is C7H13. The second kappa shape index (κ2) is 3.91. The first-order chi connectivity index (χ1) is 3.31. The average molecular weight is 97.2 g/mol. The Hall–Kier alpha value is -0.260. The van der Waals surface area contributed by atoms with Crippen molar-refractivity contribution >= 4 is 0 Å². The molecule has 0 atom stereocenters. The molecule has 0 heterocycles. The molecule has 0 aliphatic carbocycles. The third-order valence-electron chi connectivity index (χ3n) is 1.06. The van der Waals surface area contributed by atoms with Gasteiger partial charge in [-0.05, 0) is 26.7 Å². The van der Waals surface area contributed by atoms with Crippen LogP contribution in [-0.4, -0.2) is 0 Å². The topological polar surface area (TPSA) is 0 Å². The fourth-order valence-corrected chi connectivity index (χ4v) is 0.423. The molecule has 41 valence electrons. The maximum Gasteiger partial charge on any atom is -0.0323 e. The molecule has 0 unspecified atom stereocenters. The summed E-state index contributed by atoms with van der Waals surface area (Å²) in [4.78, 5) is 0. The Bertz CT molecular complexity index is 60.4. The van der Waals surface area contributed by atoms with Gasteiger partial charge in [-0.25, -0.2) is 0 Å². The second-order valence-corrected chi connectivity index (χ2v) is 1.74. The van der Waals surface area contributed by atoms with E-state index < -0.39 is 0 Å². The molecule has 0 heteroatoms. The van der Waals surface area contributed by atoms with Gasteiger partial charge in [-0.3, -0.25) is 0 Å². The summed E-state index contributed by atoms with van der Waals surface area (Å²) in [7, 11) is 0. The predicted octanol–water partition coefficient (Wildman–Crippen LogP) is 2.57. The zero-order chi connectivity index (χ0) is 5.70. The highest BCUT2D eigenvalue weighted by atomic mass is 13.9. The van der Waals surface area contributed by atoms with Gasteiger partial charge in [0.2, 0.25) is 0 Å². The fraction of sp³-hybridized carbons (Fsp3) is 0.571. The van der Waals surface area contributed by atoms with E-state index in [0.29, 0.717) is 0 Å². The monoisotopic (exact) mass is 97.1 g/mol. The molecule has 0 amide bonds. The van der Waals surface area contributed by atoms with Crippen molar-refractivity contribution in [2.75, 3.05) is 0 Å². The van der Waals surface area contributed by atoms with Gasteiger partial charge in [0, 0.05) is 0 Å². The molecule has 0 aliphatic heterocycles. The molecule has 0 saturated heterocycles. The molecule has 0 fully saturated rings. The van der Waals surface area contributed by atoms with E-state index in [-0.39, 0.29) is 0 Å². The summed E-state index contributed by atoms with van der Waals surface area (Å²) in [5, 5.41) is 0. The van der Waals surface area contributed by atoms with Gasteiger partial charge in [0.15, 0.2) is 0 Å². The van der Waals surface area contributed by atoms with Crippen LogP contribution in [0.3, 0.4) is 0 Å². The van der Waals surface area contributed by atoms with Gasteiger partial charge in [-0.2, -0.15) is 0 Å². The van der Waals surface area contributed by atoms with Crippen molar-refractivity contribution in [2.24, 2.45) is 0 Å². The minimum Gasteiger partial charge on any atom is -0.0887 e. The SMILES string of the molecule is [CH2]CC/C(C)=C/C. The van der Waals surface area contributed by atoms with Gasteiger partial charge in [0.05, 0.1) is 0 Å². The molecule has 0 spiro atoms. The van der Waals surface area contributed by atoms with Gasteiger partial charge in [0.1, 0.15) is 0 Å². The smallest absolute Gasteiger partial charge is 0.0323 e. The van der Waals surface area contributed by atoms with Gasteiger partial charge >= 0.3 is 0 Å². The van der Waals surface area contributed by atoms with Gasteiger partial charge in [-0.15, -0.1) is 0 Å². The summed E-state index contributed by atoms with van der Waals surface area (Å²) in [6.45, 7) is 7.92. The predicted molar refractivity (Wildman–Crippen MR) is 34.0 cm³/mol. The Balaban J connectivity index is 3.17. The van der Waals surface area contributed by atoms with E-state index in [1.54, 1.807) is 0 Å². The number of rotatable bonds is 2. The van der Waals surface area contributed by atoms with E-state index in [4.69, 9.17) is 0 Å². The molecule has 0 aromatic heterocycles. The molecule has 1 radical (unpaired) electrons. The molecule has 0 aliphatic rings. The third kappa shape index (κ3) is 3.57. The molecule has 0 aromatic carbocycles. The summed E-state index contributed by atoms with van der Waals surface area (Å²) in [5.41, 5.74) is 1.44. The Morgan fingerprint density at radius 3 is 2.43 bits per heavy atom. The molecule has 7 heavy (non-hydrogen) atoms. The van der Waals surface area contributed by atoms with Crippen LogP contribution in [-0.2, 0) is 0 Å². The van der Waals surface area contributed by atoms with Crippen LogP contribution in [0.15, 0.2) is 11.6 Å². The first-order valence-electron chi connectivity index (χ1n) is 2.72. The lowest BCUT2D eigenvalue weighted by Crippen LogP contribution is -1.70. The maximum atomic E-state index is 3.73. The Morgan fingerprint density at radius 1 is 1.71 bits per heavy atom. The standard InChI is InChI=1S/C7H13/c1-4-6-7(3)5-2/h5H,1,4,6H2,2-3H3/b7-5+.